The average Bonchev–Trinajstić information content (AvgIpc) is 2.96. The molecule has 1 heterocycles. The highest BCUT2D eigenvalue weighted by Gasteiger charge is 2.15. The third-order valence-corrected chi connectivity index (χ3v) is 3.79. The summed E-state index contributed by atoms with van der Waals surface area (Å²) in [5, 5.41) is 13.5. The first kappa shape index (κ1) is 15.3. The van der Waals surface area contributed by atoms with E-state index in [4.69, 9.17) is 4.74 Å². The zero-order valence-corrected chi connectivity index (χ0v) is 12.3. The number of aliphatic hydroxyl groups is 1. The Bertz CT molecular complexity index is 392. The molecule has 0 amide bonds. The molecule has 2 rings (SSSR count). The molecule has 20 heavy (non-hydrogen) atoms. The van der Waals surface area contributed by atoms with Gasteiger partial charge in [0, 0.05) is 25.9 Å². The molecule has 1 aliphatic rings. The lowest BCUT2D eigenvalue weighted by Crippen LogP contribution is -2.34. The molecule has 1 atom stereocenters. The normalized spacial score (nSPS) is 17.3. The first-order chi connectivity index (χ1) is 9.79. The van der Waals surface area contributed by atoms with Crippen molar-refractivity contribution in [2.45, 2.75) is 25.4 Å². The molecule has 0 aromatic heterocycles. The van der Waals surface area contributed by atoms with E-state index < -0.39 is 0 Å². The van der Waals surface area contributed by atoms with E-state index in [9.17, 15) is 5.11 Å². The second-order valence-corrected chi connectivity index (χ2v) is 5.44. The molecule has 4 heteroatoms. The zero-order valence-electron chi connectivity index (χ0n) is 12.3. The second kappa shape index (κ2) is 8.25. The van der Waals surface area contributed by atoms with Crippen LogP contribution in [0.2, 0.25) is 0 Å². The number of aliphatic hydroxyl groups excluding tert-OH is 1. The Morgan fingerprint density at radius 3 is 2.80 bits per heavy atom. The van der Waals surface area contributed by atoms with Crippen molar-refractivity contribution in [2.75, 3.05) is 45.2 Å². The van der Waals surface area contributed by atoms with Crippen LogP contribution in [0.15, 0.2) is 24.3 Å². The molecule has 0 radical (unpaired) electrons. The van der Waals surface area contributed by atoms with E-state index in [1.807, 2.05) is 12.1 Å². The molecule has 1 aliphatic heterocycles. The Morgan fingerprint density at radius 2 is 2.05 bits per heavy atom. The molecule has 0 saturated carbocycles. The number of anilines is 1. The zero-order chi connectivity index (χ0) is 14.2. The molecule has 0 spiro atoms. The maximum atomic E-state index is 10.1. The number of β-amino-alcohol motifs (C(OH)–C–C–N with tert-alkyl or cyclic N) is 1. The summed E-state index contributed by atoms with van der Waals surface area (Å²) < 4.78 is 5.13. The van der Waals surface area contributed by atoms with Crippen LogP contribution in [0, 0.1) is 0 Å². The highest BCUT2D eigenvalue weighted by Crippen LogP contribution is 2.16. The maximum absolute atomic E-state index is 10.1. The van der Waals surface area contributed by atoms with Crippen molar-refractivity contribution in [3.05, 3.63) is 29.8 Å². The first-order valence-electron chi connectivity index (χ1n) is 7.50. The standard InChI is InChI=1S/C16H26N2O2/c1-20-11-8-14-6-2-3-7-16(14)17-12-15(19)13-18-9-4-5-10-18/h2-3,6-7,15,17,19H,4-5,8-13H2,1H3. The van der Waals surface area contributed by atoms with Crippen molar-refractivity contribution < 1.29 is 9.84 Å². The van der Waals surface area contributed by atoms with E-state index >= 15 is 0 Å². The van der Waals surface area contributed by atoms with Gasteiger partial charge in [0.15, 0.2) is 0 Å². The molecular formula is C16H26N2O2. The summed E-state index contributed by atoms with van der Waals surface area (Å²) in [6.45, 7) is 4.34. The molecule has 1 unspecified atom stereocenters. The Morgan fingerprint density at radius 1 is 1.30 bits per heavy atom. The Kier molecular flexibility index (Phi) is 6.30. The Labute approximate surface area is 121 Å². The van der Waals surface area contributed by atoms with Crippen molar-refractivity contribution in [2.24, 2.45) is 0 Å². The van der Waals surface area contributed by atoms with Gasteiger partial charge in [-0.25, -0.2) is 0 Å². The van der Waals surface area contributed by atoms with Gasteiger partial charge in [-0.15, -0.1) is 0 Å². The molecule has 1 aromatic rings. The summed E-state index contributed by atoms with van der Waals surface area (Å²) in [4.78, 5) is 2.34. The van der Waals surface area contributed by atoms with Crippen LogP contribution in [-0.2, 0) is 11.2 Å². The van der Waals surface area contributed by atoms with Gasteiger partial charge in [0.1, 0.15) is 0 Å². The minimum atomic E-state index is -0.316. The van der Waals surface area contributed by atoms with Crippen LogP contribution < -0.4 is 5.32 Å². The number of nitrogens with one attached hydrogen (secondary N) is 1. The summed E-state index contributed by atoms with van der Waals surface area (Å²) in [5.41, 5.74) is 2.34. The van der Waals surface area contributed by atoms with Crippen molar-refractivity contribution in [3.8, 4) is 0 Å². The highest BCUT2D eigenvalue weighted by molar-refractivity contribution is 5.51. The molecule has 0 aliphatic carbocycles. The number of rotatable bonds is 8. The van der Waals surface area contributed by atoms with Crippen LogP contribution >= 0.6 is 0 Å². The van der Waals surface area contributed by atoms with Gasteiger partial charge in [-0.1, -0.05) is 18.2 Å². The largest absolute Gasteiger partial charge is 0.390 e. The molecule has 0 bridgehead atoms. The van der Waals surface area contributed by atoms with Crippen LogP contribution in [0.4, 0.5) is 5.69 Å². The van der Waals surface area contributed by atoms with Crippen LogP contribution in [-0.4, -0.2) is 56.0 Å². The van der Waals surface area contributed by atoms with Gasteiger partial charge in [0.25, 0.3) is 0 Å². The summed E-state index contributed by atoms with van der Waals surface area (Å²) in [6, 6.07) is 8.23. The highest BCUT2D eigenvalue weighted by atomic mass is 16.5. The fourth-order valence-corrected chi connectivity index (χ4v) is 2.68. The second-order valence-electron chi connectivity index (χ2n) is 5.44. The van der Waals surface area contributed by atoms with Gasteiger partial charge in [0.2, 0.25) is 0 Å². The Balaban J connectivity index is 1.80. The van der Waals surface area contributed by atoms with Gasteiger partial charge in [-0.3, -0.25) is 0 Å². The lowest BCUT2D eigenvalue weighted by atomic mass is 10.1. The van der Waals surface area contributed by atoms with Gasteiger partial charge >= 0.3 is 0 Å². The number of ether oxygens (including phenoxy) is 1. The molecule has 1 saturated heterocycles. The van der Waals surface area contributed by atoms with Crippen molar-refractivity contribution in [1.82, 2.24) is 4.90 Å². The summed E-state index contributed by atoms with van der Waals surface area (Å²) in [5.74, 6) is 0. The van der Waals surface area contributed by atoms with Crippen LogP contribution in [0.3, 0.4) is 0 Å². The SMILES string of the molecule is COCCc1ccccc1NCC(O)CN1CCCC1. The smallest absolute Gasteiger partial charge is 0.0839 e. The first-order valence-corrected chi connectivity index (χ1v) is 7.50. The molecule has 112 valence electrons. The maximum Gasteiger partial charge on any atom is 0.0839 e. The topological polar surface area (TPSA) is 44.7 Å². The number of hydrogen-bond acceptors (Lipinski definition) is 4. The van der Waals surface area contributed by atoms with E-state index in [1.165, 1.54) is 18.4 Å². The molecule has 4 nitrogen and oxygen atoms in total. The van der Waals surface area contributed by atoms with Crippen molar-refractivity contribution >= 4 is 5.69 Å². The van der Waals surface area contributed by atoms with Crippen LogP contribution in [0.25, 0.3) is 0 Å². The van der Waals surface area contributed by atoms with Gasteiger partial charge in [-0.05, 0) is 44.0 Å². The van der Waals surface area contributed by atoms with Crippen LogP contribution in [0.5, 0.6) is 0 Å². The van der Waals surface area contributed by atoms with E-state index in [1.54, 1.807) is 7.11 Å². The number of benzene rings is 1. The molecule has 1 aromatic carbocycles. The number of hydrogen-bond donors (Lipinski definition) is 2. The fraction of sp³-hybridized carbons (Fsp3) is 0.625. The third kappa shape index (κ3) is 4.78. The van der Waals surface area contributed by atoms with Crippen LogP contribution in [0.1, 0.15) is 18.4 Å². The minimum absolute atomic E-state index is 0.316. The van der Waals surface area contributed by atoms with Gasteiger partial charge in [0.05, 0.1) is 12.7 Å². The molecule has 1 fully saturated rings. The number of likely N-dealkylation sites (tertiary alicyclic amines) is 1. The van der Waals surface area contributed by atoms with Gasteiger partial charge in [-0.2, -0.15) is 0 Å². The quantitative estimate of drug-likeness (QED) is 0.760. The van der Waals surface area contributed by atoms with E-state index in [0.717, 1.165) is 38.3 Å². The van der Waals surface area contributed by atoms with Gasteiger partial charge < -0.3 is 20.1 Å². The third-order valence-electron chi connectivity index (χ3n) is 3.79. The molecule has 2 N–H and O–H groups in total. The van der Waals surface area contributed by atoms with E-state index in [-0.39, 0.29) is 6.10 Å². The minimum Gasteiger partial charge on any atom is -0.390 e. The summed E-state index contributed by atoms with van der Waals surface area (Å²) in [6.07, 6.45) is 3.10. The number of para-hydroxylation sites is 1. The fourth-order valence-electron chi connectivity index (χ4n) is 2.68. The lowest BCUT2D eigenvalue weighted by Gasteiger charge is -2.20. The van der Waals surface area contributed by atoms with Crippen molar-refractivity contribution in [1.29, 1.82) is 0 Å². The monoisotopic (exact) mass is 278 g/mol. The van der Waals surface area contributed by atoms with E-state index in [2.05, 4.69) is 22.3 Å². The summed E-state index contributed by atoms with van der Waals surface area (Å²) >= 11 is 0. The Hall–Kier alpha value is -1.10. The predicted molar refractivity (Wildman–Crippen MR) is 82.2 cm³/mol. The van der Waals surface area contributed by atoms with Crippen molar-refractivity contribution in [3.63, 3.8) is 0 Å². The average molecular weight is 278 g/mol. The predicted octanol–water partition coefficient (Wildman–Crippen LogP) is 1.74. The van der Waals surface area contributed by atoms with E-state index in [0.29, 0.717) is 6.54 Å². The number of methoxy groups -OCH3 is 1. The number of nitrogens with zero attached hydrogens (tertiary/aromatic N) is 1. The lowest BCUT2D eigenvalue weighted by molar-refractivity contribution is 0.135. The summed E-state index contributed by atoms with van der Waals surface area (Å²) in [7, 11) is 1.72. The molecular weight excluding hydrogens is 252 g/mol.